The molecular formula is C12H12ClN3O2S2. The number of hydrogen-bond acceptors (Lipinski definition) is 5. The molecule has 0 radical (unpaired) electrons. The van der Waals surface area contributed by atoms with E-state index in [4.69, 9.17) is 16.7 Å². The normalized spacial score (nSPS) is 14.7. The van der Waals surface area contributed by atoms with Crippen molar-refractivity contribution < 1.29 is 9.90 Å². The van der Waals surface area contributed by atoms with E-state index < -0.39 is 5.97 Å². The number of carbonyl (C=O) groups is 1. The van der Waals surface area contributed by atoms with Gasteiger partial charge < -0.3 is 9.67 Å². The highest BCUT2D eigenvalue weighted by Gasteiger charge is 2.30. The maximum atomic E-state index is 10.7. The second-order valence-electron chi connectivity index (χ2n) is 4.59. The minimum Gasteiger partial charge on any atom is -0.481 e. The zero-order chi connectivity index (χ0) is 14.1. The van der Waals surface area contributed by atoms with Gasteiger partial charge in [0.2, 0.25) is 0 Å². The Labute approximate surface area is 129 Å². The maximum absolute atomic E-state index is 10.7. The quantitative estimate of drug-likeness (QED) is 0.825. The predicted molar refractivity (Wildman–Crippen MR) is 78.8 cm³/mol. The van der Waals surface area contributed by atoms with Gasteiger partial charge in [-0.3, -0.25) is 4.79 Å². The zero-order valence-corrected chi connectivity index (χ0v) is 12.8. The van der Waals surface area contributed by atoms with Crippen molar-refractivity contribution in [3.8, 4) is 0 Å². The van der Waals surface area contributed by atoms with Crippen LogP contribution in [-0.2, 0) is 11.3 Å². The molecule has 0 bridgehead atoms. The Kier molecular flexibility index (Phi) is 4.00. The molecule has 3 rings (SSSR count). The highest BCUT2D eigenvalue weighted by molar-refractivity contribution is 7.99. The average molecular weight is 330 g/mol. The summed E-state index contributed by atoms with van der Waals surface area (Å²) in [4.78, 5) is 11.8. The van der Waals surface area contributed by atoms with Gasteiger partial charge in [-0.1, -0.05) is 23.4 Å². The van der Waals surface area contributed by atoms with E-state index in [0.717, 1.165) is 27.9 Å². The van der Waals surface area contributed by atoms with Gasteiger partial charge in [-0.2, -0.15) is 0 Å². The van der Waals surface area contributed by atoms with Crippen LogP contribution < -0.4 is 0 Å². The molecule has 1 aliphatic rings. The summed E-state index contributed by atoms with van der Waals surface area (Å²) in [6.45, 7) is 0.651. The highest BCUT2D eigenvalue weighted by atomic mass is 35.5. The van der Waals surface area contributed by atoms with E-state index in [1.807, 2.05) is 16.7 Å². The van der Waals surface area contributed by atoms with Crippen LogP contribution >= 0.6 is 34.7 Å². The zero-order valence-electron chi connectivity index (χ0n) is 10.5. The van der Waals surface area contributed by atoms with Gasteiger partial charge in [0.05, 0.1) is 16.6 Å². The maximum Gasteiger partial charge on any atom is 0.313 e. The van der Waals surface area contributed by atoms with Crippen LogP contribution in [0.5, 0.6) is 0 Å². The molecule has 0 saturated heterocycles. The van der Waals surface area contributed by atoms with Gasteiger partial charge in [-0.25, -0.2) is 0 Å². The summed E-state index contributed by atoms with van der Waals surface area (Å²) >= 11 is 8.68. The molecule has 20 heavy (non-hydrogen) atoms. The van der Waals surface area contributed by atoms with E-state index >= 15 is 0 Å². The summed E-state index contributed by atoms with van der Waals surface area (Å²) in [6, 6.07) is 3.85. The molecule has 0 amide bonds. The van der Waals surface area contributed by atoms with Gasteiger partial charge >= 0.3 is 5.97 Å². The first-order valence-electron chi connectivity index (χ1n) is 6.15. The molecule has 0 aliphatic heterocycles. The Morgan fingerprint density at radius 1 is 1.50 bits per heavy atom. The van der Waals surface area contributed by atoms with Crippen molar-refractivity contribution in [1.82, 2.24) is 14.8 Å². The largest absolute Gasteiger partial charge is 0.481 e. The van der Waals surface area contributed by atoms with Crippen LogP contribution in [0.1, 0.15) is 29.5 Å². The first-order chi connectivity index (χ1) is 9.63. The topological polar surface area (TPSA) is 68.0 Å². The lowest BCUT2D eigenvalue weighted by Crippen LogP contribution is -2.06. The number of thiophene rings is 1. The number of rotatable bonds is 6. The molecule has 106 valence electrons. The molecule has 0 spiro atoms. The summed E-state index contributed by atoms with van der Waals surface area (Å²) < 4.78 is 2.77. The minimum absolute atomic E-state index is 0.00596. The minimum atomic E-state index is -0.850. The van der Waals surface area contributed by atoms with Crippen molar-refractivity contribution in [2.45, 2.75) is 30.5 Å². The summed E-state index contributed by atoms with van der Waals surface area (Å²) in [5.74, 6) is 0.574. The first-order valence-corrected chi connectivity index (χ1v) is 8.33. The molecule has 5 nitrogen and oxygen atoms in total. The Hall–Kier alpha value is -1.05. The van der Waals surface area contributed by atoms with E-state index in [0.29, 0.717) is 17.6 Å². The molecule has 2 heterocycles. The fourth-order valence-corrected chi connectivity index (χ4v) is 3.66. The Morgan fingerprint density at radius 2 is 2.30 bits per heavy atom. The van der Waals surface area contributed by atoms with Crippen molar-refractivity contribution in [2.24, 2.45) is 0 Å². The number of thioether (sulfide) groups is 1. The molecule has 8 heteroatoms. The van der Waals surface area contributed by atoms with Gasteiger partial charge in [0.15, 0.2) is 5.16 Å². The summed E-state index contributed by atoms with van der Waals surface area (Å²) in [5.41, 5.74) is 0. The molecule has 2 aromatic rings. The smallest absolute Gasteiger partial charge is 0.313 e. The fraction of sp³-hybridized carbons (Fsp3) is 0.417. The van der Waals surface area contributed by atoms with Crippen LogP contribution in [0.2, 0.25) is 4.34 Å². The van der Waals surface area contributed by atoms with Gasteiger partial charge in [-0.15, -0.1) is 21.5 Å². The highest BCUT2D eigenvalue weighted by Crippen LogP contribution is 2.40. The van der Waals surface area contributed by atoms with E-state index in [1.165, 1.54) is 23.1 Å². The van der Waals surface area contributed by atoms with Gasteiger partial charge in [-0.05, 0) is 25.0 Å². The standard InChI is InChI=1S/C12H12ClN3O2S2/c13-9-4-3-8(20-9)5-16-11(7-1-2-7)14-15-12(16)19-6-10(17)18/h3-4,7H,1-2,5-6H2,(H,17,18). The van der Waals surface area contributed by atoms with Gasteiger partial charge in [0.25, 0.3) is 0 Å². The van der Waals surface area contributed by atoms with Crippen LogP contribution in [0.3, 0.4) is 0 Å². The van der Waals surface area contributed by atoms with Crippen molar-refractivity contribution >= 4 is 40.7 Å². The Balaban J connectivity index is 1.84. The second-order valence-corrected chi connectivity index (χ2v) is 7.33. The van der Waals surface area contributed by atoms with Gasteiger partial charge in [0, 0.05) is 10.8 Å². The Bertz CT molecular complexity index is 636. The fourth-order valence-electron chi connectivity index (χ4n) is 1.92. The lowest BCUT2D eigenvalue weighted by atomic mass is 10.4. The molecule has 1 aliphatic carbocycles. The SMILES string of the molecule is O=C(O)CSc1nnc(C2CC2)n1Cc1ccc(Cl)s1. The van der Waals surface area contributed by atoms with Crippen molar-refractivity contribution in [2.75, 3.05) is 5.75 Å². The van der Waals surface area contributed by atoms with E-state index in [-0.39, 0.29) is 5.75 Å². The third kappa shape index (κ3) is 3.16. The number of carboxylic acid groups (broad SMARTS) is 1. The lowest BCUT2D eigenvalue weighted by Gasteiger charge is -2.07. The number of hydrogen-bond donors (Lipinski definition) is 1. The van der Waals surface area contributed by atoms with Crippen LogP contribution in [0.15, 0.2) is 17.3 Å². The molecule has 0 unspecified atom stereocenters. The molecule has 1 N–H and O–H groups in total. The lowest BCUT2D eigenvalue weighted by molar-refractivity contribution is -0.133. The predicted octanol–water partition coefficient (Wildman–Crippen LogP) is 3.10. The number of aromatic nitrogens is 3. The average Bonchev–Trinajstić information content (AvgIpc) is 3.05. The molecule has 0 aromatic carbocycles. The van der Waals surface area contributed by atoms with Gasteiger partial charge in [0.1, 0.15) is 5.82 Å². The molecule has 0 atom stereocenters. The monoisotopic (exact) mass is 329 g/mol. The summed E-state index contributed by atoms with van der Waals surface area (Å²) in [6.07, 6.45) is 2.26. The summed E-state index contributed by atoms with van der Waals surface area (Å²) in [7, 11) is 0. The Morgan fingerprint density at radius 3 is 2.90 bits per heavy atom. The molecular weight excluding hydrogens is 318 g/mol. The third-order valence-electron chi connectivity index (χ3n) is 2.96. The van der Waals surface area contributed by atoms with Crippen LogP contribution in [-0.4, -0.2) is 31.6 Å². The van der Waals surface area contributed by atoms with Crippen LogP contribution in [0.25, 0.3) is 0 Å². The van der Waals surface area contributed by atoms with Crippen molar-refractivity contribution in [3.05, 3.63) is 27.2 Å². The van der Waals surface area contributed by atoms with Crippen LogP contribution in [0.4, 0.5) is 0 Å². The van der Waals surface area contributed by atoms with Crippen molar-refractivity contribution in [1.29, 1.82) is 0 Å². The van der Waals surface area contributed by atoms with E-state index in [2.05, 4.69) is 10.2 Å². The molecule has 2 aromatic heterocycles. The number of carboxylic acids is 1. The number of halogens is 1. The van der Waals surface area contributed by atoms with Crippen LogP contribution in [0, 0.1) is 0 Å². The van der Waals surface area contributed by atoms with E-state index in [1.54, 1.807) is 0 Å². The number of aliphatic carboxylic acids is 1. The number of nitrogens with zero attached hydrogens (tertiary/aromatic N) is 3. The molecule has 1 saturated carbocycles. The second kappa shape index (κ2) is 5.75. The van der Waals surface area contributed by atoms with Crippen molar-refractivity contribution in [3.63, 3.8) is 0 Å². The van der Waals surface area contributed by atoms with E-state index in [9.17, 15) is 4.79 Å². The molecule has 1 fully saturated rings. The third-order valence-corrected chi connectivity index (χ3v) is 5.12. The summed E-state index contributed by atoms with van der Waals surface area (Å²) in [5, 5.41) is 17.8. The first kappa shape index (κ1) is 13.9.